The molecular weight excluding hydrogens is 340 g/mol. The lowest BCUT2D eigenvalue weighted by Gasteiger charge is -2.08. The van der Waals surface area contributed by atoms with E-state index >= 15 is 0 Å². The van der Waals surface area contributed by atoms with Gasteiger partial charge in [-0.2, -0.15) is 0 Å². The van der Waals surface area contributed by atoms with Crippen LogP contribution in [-0.4, -0.2) is 27.2 Å². The van der Waals surface area contributed by atoms with E-state index in [-0.39, 0.29) is 11.7 Å². The van der Waals surface area contributed by atoms with Crippen molar-refractivity contribution < 1.29 is 17.9 Å². The van der Waals surface area contributed by atoms with Gasteiger partial charge in [-0.1, -0.05) is 12.1 Å². The van der Waals surface area contributed by atoms with Crippen molar-refractivity contribution in [2.24, 2.45) is 0 Å². The van der Waals surface area contributed by atoms with Crippen LogP contribution in [-0.2, 0) is 14.8 Å². The molecule has 0 saturated carbocycles. The highest BCUT2D eigenvalue weighted by atomic mass is 32.2. The Morgan fingerprint density at radius 2 is 1.88 bits per heavy atom. The fraction of sp³-hybridized carbons (Fsp3) is 0.167. The van der Waals surface area contributed by atoms with Gasteiger partial charge in [-0.15, -0.1) is 0 Å². The number of ether oxygens (including phenoxy) is 1. The van der Waals surface area contributed by atoms with Crippen LogP contribution in [0, 0.1) is 0 Å². The molecule has 25 heavy (non-hydrogen) atoms. The van der Waals surface area contributed by atoms with Gasteiger partial charge in [0, 0.05) is 22.5 Å². The van der Waals surface area contributed by atoms with Crippen molar-refractivity contribution in [3.63, 3.8) is 0 Å². The van der Waals surface area contributed by atoms with Crippen molar-refractivity contribution in [3.05, 3.63) is 53.6 Å². The van der Waals surface area contributed by atoms with Gasteiger partial charge in [0.15, 0.2) is 0 Å². The first-order valence-electron chi connectivity index (χ1n) is 7.74. The molecule has 1 heterocycles. The second-order valence-electron chi connectivity index (χ2n) is 5.55. The number of carbonyl (C=O) groups is 1. The number of nitrogens with one attached hydrogen (secondary N) is 2. The maximum absolute atomic E-state index is 12.3. The summed E-state index contributed by atoms with van der Waals surface area (Å²) in [6.45, 7) is 1.57. The number of methoxy groups -OCH3 is 1. The molecular formula is C18H18N2O4S. The van der Waals surface area contributed by atoms with Crippen molar-refractivity contribution in [1.29, 1.82) is 0 Å². The quantitative estimate of drug-likeness (QED) is 0.805. The molecule has 1 aliphatic rings. The Kier molecular flexibility index (Phi) is 4.50. The Morgan fingerprint density at radius 1 is 1.16 bits per heavy atom. The van der Waals surface area contributed by atoms with E-state index in [0.717, 1.165) is 11.3 Å². The molecule has 0 aromatic heterocycles. The summed E-state index contributed by atoms with van der Waals surface area (Å²) >= 11 is 0. The SMILES string of the molecule is CCS(=O)(=O)Nc1ccc2c(c1)/C(=C/c1ccc(OC)cc1)C(=O)N2. The largest absolute Gasteiger partial charge is 0.497 e. The lowest BCUT2D eigenvalue weighted by molar-refractivity contribution is -0.110. The number of rotatable bonds is 5. The molecule has 2 aromatic carbocycles. The number of hydrogen-bond donors (Lipinski definition) is 2. The molecule has 0 unspecified atom stereocenters. The predicted octanol–water partition coefficient (Wildman–Crippen LogP) is 2.95. The van der Waals surface area contributed by atoms with Crippen LogP contribution >= 0.6 is 0 Å². The van der Waals surface area contributed by atoms with Gasteiger partial charge in [0.25, 0.3) is 5.91 Å². The van der Waals surface area contributed by atoms with Crippen LogP contribution in [0.5, 0.6) is 5.75 Å². The highest BCUT2D eigenvalue weighted by Gasteiger charge is 2.24. The van der Waals surface area contributed by atoms with Gasteiger partial charge < -0.3 is 10.1 Å². The van der Waals surface area contributed by atoms with Gasteiger partial charge in [-0.25, -0.2) is 8.42 Å². The van der Waals surface area contributed by atoms with Gasteiger partial charge in [-0.05, 0) is 48.9 Å². The topological polar surface area (TPSA) is 84.5 Å². The third-order valence-corrected chi connectivity index (χ3v) is 5.19. The van der Waals surface area contributed by atoms with Crippen LogP contribution in [0.25, 0.3) is 11.6 Å². The molecule has 1 aliphatic heterocycles. The maximum Gasteiger partial charge on any atom is 0.256 e. The summed E-state index contributed by atoms with van der Waals surface area (Å²) in [7, 11) is -1.79. The van der Waals surface area contributed by atoms with Crippen molar-refractivity contribution in [3.8, 4) is 5.75 Å². The Hall–Kier alpha value is -2.80. The zero-order valence-corrected chi connectivity index (χ0v) is 14.7. The summed E-state index contributed by atoms with van der Waals surface area (Å²) in [4.78, 5) is 12.3. The van der Waals surface area contributed by atoms with Crippen LogP contribution in [0.1, 0.15) is 18.1 Å². The minimum Gasteiger partial charge on any atom is -0.497 e. The van der Waals surface area contributed by atoms with E-state index in [1.807, 2.05) is 24.3 Å². The molecule has 0 radical (unpaired) electrons. The normalized spacial score (nSPS) is 15.0. The molecule has 2 aromatic rings. The molecule has 0 bridgehead atoms. The van der Waals surface area contributed by atoms with E-state index in [0.29, 0.717) is 22.5 Å². The van der Waals surface area contributed by atoms with Gasteiger partial charge in [0.05, 0.1) is 12.9 Å². The molecule has 130 valence electrons. The summed E-state index contributed by atoms with van der Waals surface area (Å²) in [6, 6.07) is 12.3. The standard InChI is InChI=1S/C18H18N2O4S/c1-3-25(22,23)20-13-6-9-17-15(11-13)16(18(21)19-17)10-12-4-7-14(24-2)8-5-12/h4-11,20H,3H2,1-2H3,(H,19,21)/b16-10-. The number of hydrogen-bond acceptors (Lipinski definition) is 4. The minimum absolute atomic E-state index is 0.0180. The number of anilines is 2. The number of fused-ring (bicyclic) bond motifs is 1. The lowest BCUT2D eigenvalue weighted by atomic mass is 10.0. The first kappa shape index (κ1) is 17.0. The van der Waals surface area contributed by atoms with Crippen LogP contribution in [0.4, 0.5) is 11.4 Å². The number of benzene rings is 2. The van der Waals surface area contributed by atoms with E-state index in [1.165, 1.54) is 0 Å². The highest BCUT2D eigenvalue weighted by molar-refractivity contribution is 7.92. The third kappa shape index (κ3) is 3.66. The van der Waals surface area contributed by atoms with Gasteiger partial charge in [0.2, 0.25) is 10.0 Å². The molecule has 0 aliphatic carbocycles. The minimum atomic E-state index is -3.38. The van der Waals surface area contributed by atoms with Crippen molar-refractivity contribution in [2.75, 3.05) is 22.9 Å². The second kappa shape index (κ2) is 6.60. The first-order valence-corrected chi connectivity index (χ1v) is 9.39. The van der Waals surface area contributed by atoms with Crippen LogP contribution in [0.15, 0.2) is 42.5 Å². The Balaban J connectivity index is 1.98. The average Bonchev–Trinajstić information content (AvgIpc) is 2.90. The molecule has 7 heteroatoms. The van der Waals surface area contributed by atoms with Crippen molar-refractivity contribution in [2.45, 2.75) is 6.92 Å². The van der Waals surface area contributed by atoms with Crippen LogP contribution < -0.4 is 14.8 Å². The number of sulfonamides is 1. The molecule has 1 amide bonds. The Bertz CT molecular complexity index is 948. The molecule has 2 N–H and O–H groups in total. The summed E-state index contributed by atoms with van der Waals surface area (Å²) in [6.07, 6.45) is 1.76. The maximum atomic E-state index is 12.3. The zero-order valence-electron chi connectivity index (χ0n) is 13.9. The third-order valence-electron chi connectivity index (χ3n) is 3.88. The van der Waals surface area contributed by atoms with Crippen molar-refractivity contribution in [1.82, 2.24) is 0 Å². The molecule has 0 atom stereocenters. The molecule has 6 nitrogen and oxygen atoms in total. The van der Waals surface area contributed by atoms with E-state index in [4.69, 9.17) is 4.74 Å². The smallest absolute Gasteiger partial charge is 0.256 e. The summed E-state index contributed by atoms with van der Waals surface area (Å²) in [5.41, 5.74) is 3.08. The van der Waals surface area contributed by atoms with Gasteiger partial charge >= 0.3 is 0 Å². The fourth-order valence-electron chi connectivity index (χ4n) is 2.51. The molecule has 3 rings (SSSR count). The number of amides is 1. The predicted molar refractivity (Wildman–Crippen MR) is 99.0 cm³/mol. The average molecular weight is 358 g/mol. The molecule has 0 fully saturated rings. The Morgan fingerprint density at radius 3 is 2.52 bits per heavy atom. The summed E-state index contributed by atoms with van der Waals surface area (Å²) < 4.78 is 31.1. The van der Waals surface area contributed by atoms with Crippen LogP contribution in [0.2, 0.25) is 0 Å². The van der Waals surface area contributed by atoms with E-state index in [9.17, 15) is 13.2 Å². The van der Waals surface area contributed by atoms with Crippen molar-refractivity contribution >= 4 is 39.0 Å². The lowest BCUT2D eigenvalue weighted by Crippen LogP contribution is -2.14. The molecule has 0 saturated heterocycles. The summed E-state index contributed by atoms with van der Waals surface area (Å²) in [5, 5.41) is 2.79. The monoisotopic (exact) mass is 358 g/mol. The van der Waals surface area contributed by atoms with Crippen LogP contribution in [0.3, 0.4) is 0 Å². The Labute approximate surface area is 146 Å². The van der Waals surface area contributed by atoms with E-state index in [1.54, 1.807) is 38.3 Å². The second-order valence-corrected chi connectivity index (χ2v) is 7.56. The van der Waals surface area contributed by atoms with Gasteiger partial charge in [-0.3, -0.25) is 9.52 Å². The number of carbonyl (C=O) groups excluding carboxylic acids is 1. The van der Waals surface area contributed by atoms with Gasteiger partial charge in [0.1, 0.15) is 5.75 Å². The fourth-order valence-corrected chi connectivity index (χ4v) is 3.14. The van der Waals surface area contributed by atoms with E-state index in [2.05, 4.69) is 10.0 Å². The highest BCUT2D eigenvalue weighted by Crippen LogP contribution is 2.35. The first-order chi connectivity index (χ1) is 11.9. The van der Waals surface area contributed by atoms with E-state index < -0.39 is 10.0 Å². The molecule has 0 spiro atoms. The summed E-state index contributed by atoms with van der Waals surface area (Å²) in [5.74, 6) is 0.492. The zero-order chi connectivity index (χ0) is 18.0.